The van der Waals surface area contributed by atoms with Crippen molar-refractivity contribution in [2.75, 3.05) is 40.9 Å². The third-order valence-electron chi connectivity index (χ3n) is 3.54. The summed E-state index contributed by atoms with van der Waals surface area (Å²) in [4.78, 5) is 12.6. The van der Waals surface area contributed by atoms with Gasteiger partial charge in [-0.05, 0) is 12.1 Å². The molecule has 134 valence electrons. The van der Waals surface area contributed by atoms with E-state index in [1.54, 1.807) is 30.3 Å². The van der Waals surface area contributed by atoms with Gasteiger partial charge in [-0.1, -0.05) is 0 Å². The van der Waals surface area contributed by atoms with Crippen molar-refractivity contribution in [1.29, 1.82) is 0 Å². The van der Waals surface area contributed by atoms with Crippen LogP contribution in [0, 0.1) is 0 Å². The summed E-state index contributed by atoms with van der Waals surface area (Å²) in [6.07, 6.45) is 0. The van der Waals surface area contributed by atoms with Crippen LogP contribution >= 0.6 is 0 Å². The van der Waals surface area contributed by atoms with Crippen molar-refractivity contribution in [1.82, 2.24) is 0 Å². The number of ether oxygens (including phenoxy) is 5. The van der Waals surface area contributed by atoms with Crippen molar-refractivity contribution in [2.24, 2.45) is 0 Å². The number of carbonyl (C=O) groups excluding carboxylic acids is 1. The van der Waals surface area contributed by atoms with E-state index in [1.165, 1.54) is 35.5 Å². The number of hydrogen-bond acceptors (Lipinski definition) is 6. The molecule has 2 aromatic rings. The molecule has 7 nitrogen and oxygen atoms in total. The summed E-state index contributed by atoms with van der Waals surface area (Å²) in [7, 11) is 7.58. The first-order chi connectivity index (χ1) is 12.1. The SMILES string of the molecule is COc1cc(OC)cc(C(=O)Nc2cc(OC)c(OC)c(OC)c2)c1. The highest BCUT2D eigenvalue weighted by Gasteiger charge is 2.16. The lowest BCUT2D eigenvalue weighted by Gasteiger charge is -2.15. The van der Waals surface area contributed by atoms with Gasteiger partial charge in [-0.2, -0.15) is 0 Å². The lowest BCUT2D eigenvalue weighted by atomic mass is 10.1. The van der Waals surface area contributed by atoms with Gasteiger partial charge in [0.05, 0.1) is 35.5 Å². The first-order valence-corrected chi connectivity index (χ1v) is 7.40. The van der Waals surface area contributed by atoms with E-state index in [4.69, 9.17) is 23.7 Å². The highest BCUT2D eigenvalue weighted by atomic mass is 16.5. The Morgan fingerprint density at radius 1 is 0.720 bits per heavy atom. The molecular formula is C18H21NO6. The molecule has 0 atom stereocenters. The summed E-state index contributed by atoms with van der Waals surface area (Å²) < 4.78 is 26.2. The van der Waals surface area contributed by atoms with E-state index in [0.29, 0.717) is 40.0 Å². The van der Waals surface area contributed by atoms with Crippen molar-refractivity contribution in [3.05, 3.63) is 35.9 Å². The second-order valence-corrected chi connectivity index (χ2v) is 4.97. The van der Waals surface area contributed by atoms with E-state index in [2.05, 4.69) is 5.32 Å². The normalized spacial score (nSPS) is 9.96. The Bertz CT molecular complexity index is 712. The zero-order valence-corrected chi connectivity index (χ0v) is 14.8. The van der Waals surface area contributed by atoms with E-state index in [0.717, 1.165) is 0 Å². The van der Waals surface area contributed by atoms with E-state index in [-0.39, 0.29) is 5.91 Å². The lowest BCUT2D eigenvalue weighted by Crippen LogP contribution is -2.12. The van der Waals surface area contributed by atoms with Gasteiger partial charge in [0.1, 0.15) is 11.5 Å². The molecule has 0 saturated heterocycles. The highest BCUT2D eigenvalue weighted by Crippen LogP contribution is 2.40. The van der Waals surface area contributed by atoms with Gasteiger partial charge in [-0.15, -0.1) is 0 Å². The average molecular weight is 347 g/mol. The smallest absolute Gasteiger partial charge is 0.255 e. The molecule has 0 unspecified atom stereocenters. The second kappa shape index (κ2) is 8.14. The zero-order chi connectivity index (χ0) is 18.4. The minimum atomic E-state index is -0.327. The second-order valence-electron chi connectivity index (χ2n) is 4.97. The topological polar surface area (TPSA) is 75.3 Å². The maximum atomic E-state index is 12.6. The molecule has 0 aromatic heterocycles. The monoisotopic (exact) mass is 347 g/mol. The molecule has 0 aliphatic rings. The molecule has 0 spiro atoms. The van der Waals surface area contributed by atoms with Gasteiger partial charge >= 0.3 is 0 Å². The third kappa shape index (κ3) is 4.06. The number of nitrogens with one attached hydrogen (secondary N) is 1. The lowest BCUT2D eigenvalue weighted by molar-refractivity contribution is 0.102. The van der Waals surface area contributed by atoms with Crippen molar-refractivity contribution in [2.45, 2.75) is 0 Å². The Morgan fingerprint density at radius 3 is 1.64 bits per heavy atom. The molecule has 0 aliphatic heterocycles. The quantitative estimate of drug-likeness (QED) is 0.830. The van der Waals surface area contributed by atoms with Crippen LogP contribution < -0.4 is 29.0 Å². The molecule has 2 aromatic carbocycles. The van der Waals surface area contributed by atoms with E-state index in [9.17, 15) is 4.79 Å². The Balaban J connectivity index is 2.34. The Kier molecular flexibility index (Phi) is 5.94. The molecule has 0 saturated carbocycles. The van der Waals surface area contributed by atoms with Crippen LogP contribution in [0.15, 0.2) is 30.3 Å². The molecule has 0 aliphatic carbocycles. The minimum Gasteiger partial charge on any atom is -0.497 e. The third-order valence-corrected chi connectivity index (χ3v) is 3.54. The fraction of sp³-hybridized carbons (Fsp3) is 0.278. The predicted molar refractivity (Wildman–Crippen MR) is 93.6 cm³/mol. The summed E-state index contributed by atoms with van der Waals surface area (Å²) in [6.45, 7) is 0. The minimum absolute atomic E-state index is 0.327. The van der Waals surface area contributed by atoms with Gasteiger partial charge in [0.15, 0.2) is 11.5 Å². The van der Waals surface area contributed by atoms with Crippen molar-refractivity contribution < 1.29 is 28.5 Å². The number of hydrogen-bond donors (Lipinski definition) is 1. The van der Waals surface area contributed by atoms with E-state index >= 15 is 0 Å². The van der Waals surface area contributed by atoms with Crippen LogP contribution in [-0.2, 0) is 0 Å². The molecule has 1 N–H and O–H groups in total. The number of carbonyl (C=O) groups is 1. The molecule has 25 heavy (non-hydrogen) atoms. The fourth-order valence-electron chi connectivity index (χ4n) is 2.30. The van der Waals surface area contributed by atoms with Gasteiger partial charge in [0.25, 0.3) is 5.91 Å². The summed E-state index contributed by atoms with van der Waals surface area (Å²) in [5.74, 6) is 2.06. The summed E-state index contributed by atoms with van der Waals surface area (Å²) >= 11 is 0. The Hall–Kier alpha value is -3.09. The van der Waals surface area contributed by atoms with Crippen molar-refractivity contribution in [3.63, 3.8) is 0 Å². The molecule has 7 heteroatoms. The highest BCUT2D eigenvalue weighted by molar-refractivity contribution is 6.05. The van der Waals surface area contributed by atoms with Gasteiger partial charge in [-0.3, -0.25) is 4.79 Å². The van der Waals surface area contributed by atoms with Crippen molar-refractivity contribution >= 4 is 11.6 Å². The summed E-state index contributed by atoms with van der Waals surface area (Å²) in [5, 5.41) is 2.80. The first kappa shape index (κ1) is 18.3. The molecule has 0 bridgehead atoms. The fourth-order valence-corrected chi connectivity index (χ4v) is 2.30. The first-order valence-electron chi connectivity index (χ1n) is 7.40. The van der Waals surface area contributed by atoms with Crippen LogP contribution in [0.1, 0.15) is 10.4 Å². The Labute approximate surface area is 146 Å². The van der Waals surface area contributed by atoms with Gasteiger partial charge in [0.2, 0.25) is 5.75 Å². The molecule has 2 rings (SSSR count). The van der Waals surface area contributed by atoms with Gasteiger partial charge in [-0.25, -0.2) is 0 Å². The van der Waals surface area contributed by atoms with Crippen LogP contribution in [0.3, 0.4) is 0 Å². The maximum Gasteiger partial charge on any atom is 0.255 e. The summed E-state index contributed by atoms with van der Waals surface area (Å²) in [5.41, 5.74) is 0.895. The largest absolute Gasteiger partial charge is 0.497 e. The van der Waals surface area contributed by atoms with Gasteiger partial charge < -0.3 is 29.0 Å². The predicted octanol–water partition coefficient (Wildman–Crippen LogP) is 2.98. The maximum absolute atomic E-state index is 12.6. The Morgan fingerprint density at radius 2 is 1.24 bits per heavy atom. The van der Waals surface area contributed by atoms with E-state index < -0.39 is 0 Å². The number of rotatable bonds is 7. The zero-order valence-electron chi connectivity index (χ0n) is 14.8. The molecule has 0 fully saturated rings. The number of amides is 1. The molecule has 0 heterocycles. The molecular weight excluding hydrogens is 326 g/mol. The standard InChI is InChI=1S/C18H21NO6/c1-21-13-6-11(7-14(10-13)22-2)18(20)19-12-8-15(23-3)17(25-5)16(9-12)24-4/h6-10H,1-5H3,(H,19,20). The van der Waals surface area contributed by atoms with Crippen LogP contribution in [-0.4, -0.2) is 41.5 Å². The molecule has 1 amide bonds. The van der Waals surface area contributed by atoms with Crippen LogP contribution in [0.5, 0.6) is 28.7 Å². The van der Waals surface area contributed by atoms with E-state index in [1.807, 2.05) is 0 Å². The van der Waals surface area contributed by atoms with Crippen LogP contribution in [0.25, 0.3) is 0 Å². The number of methoxy groups -OCH3 is 5. The average Bonchev–Trinajstić information content (AvgIpc) is 2.66. The van der Waals surface area contributed by atoms with Crippen LogP contribution in [0.2, 0.25) is 0 Å². The summed E-state index contributed by atoms with van der Waals surface area (Å²) in [6, 6.07) is 8.23. The van der Waals surface area contributed by atoms with Gasteiger partial charge in [0, 0.05) is 29.4 Å². The molecule has 0 radical (unpaired) electrons. The number of anilines is 1. The van der Waals surface area contributed by atoms with Crippen LogP contribution in [0.4, 0.5) is 5.69 Å². The number of benzene rings is 2. The van der Waals surface area contributed by atoms with Crippen molar-refractivity contribution in [3.8, 4) is 28.7 Å².